The van der Waals surface area contributed by atoms with Gasteiger partial charge in [-0.2, -0.15) is 5.10 Å². The highest BCUT2D eigenvalue weighted by Crippen LogP contribution is 2.13. The Morgan fingerprint density at radius 3 is 2.67 bits per heavy atom. The number of carboxylic acid groups (broad SMARTS) is 1. The van der Waals surface area contributed by atoms with E-state index >= 15 is 0 Å². The fraction of sp³-hybridized carbons (Fsp3) is 0.583. The smallest absolute Gasteiger partial charge is 0.303 e. The van der Waals surface area contributed by atoms with E-state index < -0.39 is 17.6 Å². The zero-order valence-corrected chi connectivity index (χ0v) is 10.9. The second-order valence-corrected chi connectivity index (χ2v) is 4.93. The maximum absolute atomic E-state index is 12.0. The summed E-state index contributed by atoms with van der Waals surface area (Å²) in [6.45, 7) is 5.36. The topological polar surface area (TPSA) is 84.2 Å². The lowest BCUT2D eigenvalue weighted by atomic mass is 9.98. The minimum atomic E-state index is -0.863. The van der Waals surface area contributed by atoms with Gasteiger partial charge in [0.1, 0.15) is 6.04 Å². The average molecular weight is 253 g/mol. The summed E-state index contributed by atoms with van der Waals surface area (Å²) in [5.74, 6) is -1.04. The molecule has 1 aromatic heterocycles. The van der Waals surface area contributed by atoms with Gasteiger partial charge in [0.05, 0.1) is 0 Å². The fourth-order valence-electron chi connectivity index (χ4n) is 1.55. The summed E-state index contributed by atoms with van der Waals surface area (Å²) in [4.78, 5) is 22.5. The number of amides is 1. The molecule has 0 aliphatic heterocycles. The predicted octanol–water partition coefficient (Wildman–Crippen LogP) is 1.20. The molecule has 6 heteroatoms. The molecule has 100 valence electrons. The largest absolute Gasteiger partial charge is 0.481 e. The maximum Gasteiger partial charge on any atom is 0.303 e. The third-order valence-corrected chi connectivity index (χ3v) is 2.73. The molecule has 0 aliphatic rings. The summed E-state index contributed by atoms with van der Waals surface area (Å²) in [5, 5.41) is 15.5. The molecule has 1 unspecified atom stereocenters. The molecule has 0 radical (unpaired) electrons. The van der Waals surface area contributed by atoms with Crippen LogP contribution in [0.1, 0.15) is 39.7 Å². The van der Waals surface area contributed by atoms with Crippen LogP contribution in [0.5, 0.6) is 0 Å². The third-order valence-electron chi connectivity index (χ3n) is 2.73. The molecular formula is C12H19N3O3. The summed E-state index contributed by atoms with van der Waals surface area (Å²) in [6.07, 6.45) is 3.75. The van der Waals surface area contributed by atoms with Crippen molar-refractivity contribution in [1.29, 1.82) is 0 Å². The summed E-state index contributed by atoms with van der Waals surface area (Å²) >= 11 is 0. The standard InChI is InChI=1S/C12H19N3O3/c1-9(15-8-4-7-13-15)11(18)14-12(2,3)6-5-10(16)17/h4,7-9H,5-6H2,1-3H3,(H,14,18)(H,16,17). The molecule has 2 N–H and O–H groups in total. The van der Waals surface area contributed by atoms with Gasteiger partial charge in [-0.1, -0.05) is 0 Å². The Kier molecular flexibility index (Phi) is 4.47. The van der Waals surface area contributed by atoms with E-state index in [2.05, 4.69) is 10.4 Å². The van der Waals surface area contributed by atoms with Gasteiger partial charge in [-0.15, -0.1) is 0 Å². The first-order valence-electron chi connectivity index (χ1n) is 5.85. The Labute approximate surface area is 106 Å². The Morgan fingerprint density at radius 2 is 2.17 bits per heavy atom. The first-order valence-corrected chi connectivity index (χ1v) is 5.85. The van der Waals surface area contributed by atoms with E-state index in [1.54, 1.807) is 30.1 Å². The highest BCUT2D eigenvalue weighted by molar-refractivity contribution is 5.80. The van der Waals surface area contributed by atoms with E-state index in [-0.39, 0.29) is 12.3 Å². The number of carbonyl (C=O) groups excluding carboxylic acids is 1. The van der Waals surface area contributed by atoms with Crippen LogP contribution in [-0.2, 0) is 9.59 Å². The van der Waals surface area contributed by atoms with Crippen LogP contribution in [-0.4, -0.2) is 32.3 Å². The van der Waals surface area contributed by atoms with Crippen molar-refractivity contribution in [1.82, 2.24) is 15.1 Å². The van der Waals surface area contributed by atoms with Crippen LogP contribution in [0.4, 0.5) is 0 Å². The summed E-state index contributed by atoms with van der Waals surface area (Å²) in [5.41, 5.74) is -0.545. The first-order chi connectivity index (χ1) is 8.32. The number of rotatable bonds is 6. The minimum absolute atomic E-state index is 0.0312. The molecule has 18 heavy (non-hydrogen) atoms. The van der Waals surface area contributed by atoms with E-state index in [4.69, 9.17) is 5.11 Å². The van der Waals surface area contributed by atoms with E-state index in [1.807, 2.05) is 13.8 Å². The molecule has 0 spiro atoms. The zero-order chi connectivity index (χ0) is 13.8. The summed E-state index contributed by atoms with van der Waals surface area (Å²) < 4.78 is 1.56. The Morgan fingerprint density at radius 1 is 1.50 bits per heavy atom. The number of carboxylic acids is 1. The van der Waals surface area contributed by atoms with Gasteiger partial charge in [0, 0.05) is 24.4 Å². The summed E-state index contributed by atoms with van der Waals surface area (Å²) in [6, 6.07) is 1.34. The van der Waals surface area contributed by atoms with E-state index in [0.29, 0.717) is 6.42 Å². The number of carbonyl (C=O) groups is 2. The van der Waals surface area contributed by atoms with E-state index in [1.165, 1.54) is 0 Å². The molecule has 1 aromatic rings. The molecule has 1 heterocycles. The van der Waals surface area contributed by atoms with Crippen LogP contribution in [0.2, 0.25) is 0 Å². The number of aromatic nitrogens is 2. The number of nitrogens with one attached hydrogen (secondary N) is 1. The summed E-state index contributed by atoms with van der Waals surface area (Å²) in [7, 11) is 0. The average Bonchev–Trinajstić information content (AvgIpc) is 2.78. The molecule has 0 saturated heterocycles. The fourth-order valence-corrected chi connectivity index (χ4v) is 1.55. The molecular weight excluding hydrogens is 234 g/mol. The van der Waals surface area contributed by atoms with Crippen molar-refractivity contribution < 1.29 is 14.7 Å². The lowest BCUT2D eigenvalue weighted by Gasteiger charge is -2.27. The predicted molar refractivity (Wildman–Crippen MR) is 66.0 cm³/mol. The molecule has 1 atom stereocenters. The second kappa shape index (κ2) is 5.66. The first kappa shape index (κ1) is 14.2. The lowest BCUT2D eigenvalue weighted by molar-refractivity contribution is -0.138. The SMILES string of the molecule is CC(C(=O)NC(C)(C)CCC(=O)O)n1cccn1. The monoisotopic (exact) mass is 253 g/mol. The molecule has 6 nitrogen and oxygen atoms in total. The molecule has 0 aliphatic carbocycles. The van der Waals surface area contributed by atoms with Crippen LogP contribution in [0, 0.1) is 0 Å². The van der Waals surface area contributed by atoms with Crippen molar-refractivity contribution in [2.24, 2.45) is 0 Å². The second-order valence-electron chi connectivity index (χ2n) is 4.93. The van der Waals surface area contributed by atoms with Crippen molar-refractivity contribution in [2.75, 3.05) is 0 Å². The maximum atomic E-state index is 12.0. The van der Waals surface area contributed by atoms with Gasteiger partial charge in [0.25, 0.3) is 0 Å². The van der Waals surface area contributed by atoms with Crippen LogP contribution < -0.4 is 5.32 Å². The van der Waals surface area contributed by atoms with Crippen molar-refractivity contribution in [3.8, 4) is 0 Å². The van der Waals surface area contributed by atoms with Gasteiger partial charge in [0.2, 0.25) is 5.91 Å². The van der Waals surface area contributed by atoms with Crippen LogP contribution in [0.3, 0.4) is 0 Å². The van der Waals surface area contributed by atoms with Crippen molar-refractivity contribution in [3.05, 3.63) is 18.5 Å². The van der Waals surface area contributed by atoms with Crippen molar-refractivity contribution in [3.63, 3.8) is 0 Å². The molecule has 0 saturated carbocycles. The number of nitrogens with zero attached hydrogens (tertiary/aromatic N) is 2. The lowest BCUT2D eigenvalue weighted by Crippen LogP contribution is -2.46. The Bertz CT molecular complexity index is 412. The number of hydrogen-bond acceptors (Lipinski definition) is 3. The van der Waals surface area contributed by atoms with Gasteiger partial charge in [-0.05, 0) is 33.3 Å². The van der Waals surface area contributed by atoms with Crippen molar-refractivity contribution in [2.45, 2.75) is 45.2 Å². The van der Waals surface area contributed by atoms with Crippen LogP contribution in [0.15, 0.2) is 18.5 Å². The van der Waals surface area contributed by atoms with E-state index in [0.717, 1.165) is 0 Å². The highest BCUT2D eigenvalue weighted by Gasteiger charge is 2.25. The Hall–Kier alpha value is -1.85. The number of hydrogen-bond donors (Lipinski definition) is 2. The van der Waals surface area contributed by atoms with Gasteiger partial charge < -0.3 is 10.4 Å². The van der Waals surface area contributed by atoms with Gasteiger partial charge >= 0.3 is 5.97 Å². The molecule has 1 rings (SSSR count). The highest BCUT2D eigenvalue weighted by atomic mass is 16.4. The molecule has 1 amide bonds. The van der Waals surface area contributed by atoms with Crippen LogP contribution in [0.25, 0.3) is 0 Å². The van der Waals surface area contributed by atoms with Gasteiger partial charge in [0.15, 0.2) is 0 Å². The molecule has 0 fully saturated rings. The van der Waals surface area contributed by atoms with E-state index in [9.17, 15) is 9.59 Å². The van der Waals surface area contributed by atoms with Crippen LogP contribution >= 0.6 is 0 Å². The van der Waals surface area contributed by atoms with Gasteiger partial charge in [-0.25, -0.2) is 0 Å². The Balaban J connectivity index is 2.55. The minimum Gasteiger partial charge on any atom is -0.481 e. The molecule has 0 bridgehead atoms. The van der Waals surface area contributed by atoms with Crippen molar-refractivity contribution >= 4 is 11.9 Å². The third kappa shape index (κ3) is 4.20. The zero-order valence-electron chi connectivity index (χ0n) is 10.9. The normalized spacial score (nSPS) is 13.1. The quantitative estimate of drug-likeness (QED) is 0.798. The molecule has 0 aromatic carbocycles. The number of aliphatic carboxylic acids is 1. The van der Waals surface area contributed by atoms with Gasteiger partial charge in [-0.3, -0.25) is 14.3 Å².